The number of benzene rings is 1. The van der Waals surface area contributed by atoms with Gasteiger partial charge in [-0.05, 0) is 25.1 Å². The van der Waals surface area contributed by atoms with Crippen molar-refractivity contribution in [3.8, 4) is 6.07 Å². The summed E-state index contributed by atoms with van der Waals surface area (Å²) < 4.78 is 4.22. The molecular weight excluding hydrogens is 314 g/mol. The molecule has 0 amide bonds. The minimum atomic E-state index is -0.145. The van der Waals surface area contributed by atoms with Gasteiger partial charge < -0.3 is 9.13 Å². The molecule has 0 aliphatic carbocycles. The summed E-state index contributed by atoms with van der Waals surface area (Å²) in [5.41, 5.74) is 2.50. The Morgan fingerprint density at radius 2 is 2.28 bits per heavy atom. The maximum absolute atomic E-state index is 9.10. The number of nitrogens with zero attached hydrogens (tertiary/aromatic N) is 7. The molecule has 1 aromatic carbocycles. The van der Waals surface area contributed by atoms with Crippen LogP contribution >= 0.6 is 0 Å². The van der Waals surface area contributed by atoms with Gasteiger partial charge in [-0.25, -0.2) is 9.97 Å². The van der Waals surface area contributed by atoms with Crippen molar-refractivity contribution in [2.45, 2.75) is 26.1 Å². The van der Waals surface area contributed by atoms with Gasteiger partial charge in [0, 0.05) is 31.4 Å². The van der Waals surface area contributed by atoms with Crippen molar-refractivity contribution in [2.75, 3.05) is 6.54 Å². The molecule has 3 heterocycles. The van der Waals surface area contributed by atoms with Crippen molar-refractivity contribution in [3.63, 3.8) is 0 Å². The molecule has 1 aliphatic heterocycles. The van der Waals surface area contributed by atoms with E-state index in [-0.39, 0.29) is 6.04 Å². The number of aliphatic imine (C=N–C) groups is 2. The lowest BCUT2D eigenvalue weighted by Crippen LogP contribution is -2.14. The lowest BCUT2D eigenvalue weighted by molar-refractivity contribution is 0.633. The number of rotatable bonds is 4. The Labute approximate surface area is 145 Å². The molecule has 4 rings (SSSR count). The van der Waals surface area contributed by atoms with Crippen LogP contribution in [0, 0.1) is 11.3 Å². The summed E-state index contributed by atoms with van der Waals surface area (Å²) in [6.45, 7) is 4.13. The van der Waals surface area contributed by atoms with E-state index in [1.165, 1.54) is 0 Å². The second kappa shape index (κ2) is 6.32. The third-order valence-corrected chi connectivity index (χ3v) is 4.30. The highest BCUT2D eigenvalue weighted by Crippen LogP contribution is 2.21. The van der Waals surface area contributed by atoms with Gasteiger partial charge in [0.2, 0.25) is 0 Å². The van der Waals surface area contributed by atoms with Crippen LogP contribution in [0.25, 0.3) is 11.0 Å². The van der Waals surface area contributed by atoms with Crippen molar-refractivity contribution < 1.29 is 0 Å². The molecule has 1 unspecified atom stereocenters. The van der Waals surface area contributed by atoms with Crippen LogP contribution in [0.4, 0.5) is 0 Å². The van der Waals surface area contributed by atoms with Gasteiger partial charge in [-0.3, -0.25) is 9.98 Å². The van der Waals surface area contributed by atoms with Gasteiger partial charge in [0.05, 0.1) is 35.8 Å². The minimum Gasteiger partial charge on any atom is -0.327 e. The van der Waals surface area contributed by atoms with Crippen molar-refractivity contribution in [3.05, 3.63) is 47.8 Å². The Morgan fingerprint density at radius 1 is 1.36 bits per heavy atom. The van der Waals surface area contributed by atoms with E-state index in [0.29, 0.717) is 18.7 Å². The molecule has 7 heteroatoms. The Hall–Kier alpha value is -3.27. The molecule has 25 heavy (non-hydrogen) atoms. The predicted molar refractivity (Wildman–Crippen MR) is 96.0 cm³/mol. The molecule has 7 nitrogen and oxygen atoms in total. The van der Waals surface area contributed by atoms with Crippen LogP contribution in [0.2, 0.25) is 0 Å². The Balaban J connectivity index is 1.73. The molecule has 1 aliphatic rings. The standard InChI is InChI=1S/C18H17N7/c1-2-25-16-4-3-13(10-19)9-14(16)23-17(25)12-24-8-7-22-18(24)15-11-20-5-6-21-15/h3-4,6-9,11,15H,2,5,12H2,1H3. The van der Waals surface area contributed by atoms with Gasteiger partial charge in [-0.2, -0.15) is 5.26 Å². The van der Waals surface area contributed by atoms with Crippen LogP contribution in [0.15, 0.2) is 40.6 Å². The van der Waals surface area contributed by atoms with E-state index in [1.54, 1.807) is 6.20 Å². The minimum absolute atomic E-state index is 0.145. The Bertz CT molecular complexity index is 1000. The first kappa shape index (κ1) is 15.3. The molecule has 0 bridgehead atoms. The fraction of sp³-hybridized carbons (Fsp3) is 0.278. The van der Waals surface area contributed by atoms with Gasteiger partial charge >= 0.3 is 0 Å². The summed E-state index contributed by atoms with van der Waals surface area (Å²) in [4.78, 5) is 17.9. The molecule has 0 saturated heterocycles. The van der Waals surface area contributed by atoms with E-state index in [2.05, 4.69) is 37.1 Å². The van der Waals surface area contributed by atoms with Crippen molar-refractivity contribution in [1.82, 2.24) is 19.1 Å². The summed E-state index contributed by atoms with van der Waals surface area (Å²) in [5.74, 6) is 1.79. The molecule has 124 valence electrons. The molecular formula is C18H17N7. The number of hydrogen-bond donors (Lipinski definition) is 0. The molecule has 3 aromatic rings. The summed E-state index contributed by atoms with van der Waals surface area (Å²) in [6, 6.07) is 7.64. The highest BCUT2D eigenvalue weighted by atomic mass is 15.2. The third-order valence-electron chi connectivity index (χ3n) is 4.30. The molecule has 2 aromatic heterocycles. The highest BCUT2D eigenvalue weighted by Gasteiger charge is 2.17. The molecule has 0 spiro atoms. The Morgan fingerprint density at radius 3 is 3.04 bits per heavy atom. The van der Waals surface area contributed by atoms with Crippen LogP contribution in [-0.4, -0.2) is 38.1 Å². The third kappa shape index (κ3) is 2.72. The first-order chi connectivity index (χ1) is 12.3. The molecule has 0 N–H and O–H groups in total. The monoisotopic (exact) mass is 331 g/mol. The van der Waals surface area contributed by atoms with Crippen LogP contribution in [-0.2, 0) is 13.1 Å². The quantitative estimate of drug-likeness (QED) is 0.735. The summed E-state index contributed by atoms with van der Waals surface area (Å²) in [5, 5.41) is 9.10. The average molecular weight is 331 g/mol. The first-order valence-electron chi connectivity index (χ1n) is 8.22. The van der Waals surface area contributed by atoms with Crippen LogP contribution in [0.3, 0.4) is 0 Å². The summed E-state index contributed by atoms with van der Waals surface area (Å²) in [6.07, 6.45) is 7.36. The molecule has 0 fully saturated rings. The van der Waals surface area contributed by atoms with E-state index in [1.807, 2.05) is 36.8 Å². The van der Waals surface area contributed by atoms with Gasteiger partial charge in [-0.15, -0.1) is 0 Å². The Kier molecular flexibility index (Phi) is 3.86. The molecule has 0 radical (unpaired) electrons. The lowest BCUT2D eigenvalue weighted by atomic mass is 10.2. The molecule has 1 atom stereocenters. The van der Waals surface area contributed by atoms with Gasteiger partial charge in [0.25, 0.3) is 0 Å². The zero-order valence-corrected chi connectivity index (χ0v) is 13.9. The number of hydrogen-bond acceptors (Lipinski definition) is 5. The van der Waals surface area contributed by atoms with E-state index < -0.39 is 0 Å². The number of aromatic nitrogens is 4. The van der Waals surface area contributed by atoms with Crippen molar-refractivity contribution in [1.29, 1.82) is 5.26 Å². The highest BCUT2D eigenvalue weighted by molar-refractivity contribution is 5.78. The average Bonchev–Trinajstić information content (AvgIpc) is 3.25. The SMILES string of the molecule is CCn1c(Cn2ccnc2C2C=NCC=N2)nc2cc(C#N)ccc21. The predicted octanol–water partition coefficient (Wildman–Crippen LogP) is 2.37. The number of imidazole rings is 2. The maximum Gasteiger partial charge on any atom is 0.142 e. The topological polar surface area (TPSA) is 84.2 Å². The van der Waals surface area contributed by atoms with E-state index >= 15 is 0 Å². The zero-order valence-electron chi connectivity index (χ0n) is 13.9. The normalized spacial score (nSPS) is 16.4. The van der Waals surface area contributed by atoms with Crippen LogP contribution in [0.5, 0.6) is 0 Å². The lowest BCUT2D eigenvalue weighted by Gasteiger charge is -2.13. The van der Waals surface area contributed by atoms with Crippen LogP contribution in [0.1, 0.15) is 30.2 Å². The summed E-state index contributed by atoms with van der Waals surface area (Å²) in [7, 11) is 0. The van der Waals surface area contributed by atoms with Crippen LogP contribution < -0.4 is 0 Å². The zero-order chi connectivity index (χ0) is 17.2. The fourth-order valence-electron chi connectivity index (χ4n) is 3.14. The summed E-state index contributed by atoms with van der Waals surface area (Å²) >= 11 is 0. The largest absolute Gasteiger partial charge is 0.327 e. The number of nitriles is 1. The molecule has 0 saturated carbocycles. The smallest absolute Gasteiger partial charge is 0.142 e. The fourth-order valence-corrected chi connectivity index (χ4v) is 3.14. The van der Waals surface area contributed by atoms with Crippen molar-refractivity contribution >= 4 is 23.5 Å². The number of fused-ring (bicyclic) bond motifs is 1. The van der Waals surface area contributed by atoms with E-state index in [9.17, 15) is 0 Å². The van der Waals surface area contributed by atoms with Gasteiger partial charge in [0.15, 0.2) is 0 Å². The van der Waals surface area contributed by atoms with E-state index in [0.717, 1.165) is 29.2 Å². The number of aryl methyl sites for hydroxylation is 1. The van der Waals surface area contributed by atoms with E-state index in [4.69, 9.17) is 10.2 Å². The van der Waals surface area contributed by atoms with Gasteiger partial charge in [0.1, 0.15) is 17.7 Å². The second-order valence-corrected chi connectivity index (χ2v) is 5.79. The van der Waals surface area contributed by atoms with Crippen molar-refractivity contribution in [2.24, 2.45) is 9.98 Å². The van der Waals surface area contributed by atoms with Gasteiger partial charge in [-0.1, -0.05) is 0 Å². The second-order valence-electron chi connectivity index (χ2n) is 5.79. The first-order valence-corrected chi connectivity index (χ1v) is 8.22. The maximum atomic E-state index is 9.10.